The van der Waals surface area contributed by atoms with Crippen LogP contribution in [0.2, 0.25) is 0 Å². The lowest BCUT2D eigenvalue weighted by Gasteiger charge is -2.19. The Hall–Kier alpha value is -0.620. The van der Waals surface area contributed by atoms with Gasteiger partial charge in [-0.1, -0.05) is 0 Å². The first-order valence-corrected chi connectivity index (χ1v) is 7.58. The molecule has 0 bridgehead atoms. The van der Waals surface area contributed by atoms with Gasteiger partial charge >= 0.3 is 0 Å². The topological polar surface area (TPSA) is 66.5 Å². The van der Waals surface area contributed by atoms with Gasteiger partial charge in [0.1, 0.15) is 0 Å². The van der Waals surface area contributed by atoms with E-state index in [1.165, 1.54) is 10.6 Å². The molecule has 2 aliphatic carbocycles. The largest absolute Gasteiger partial charge is 0.355 e. The van der Waals surface area contributed by atoms with Gasteiger partial charge in [-0.15, -0.1) is 0 Å². The number of nitrogens with one attached hydrogen (secondary N) is 1. The van der Waals surface area contributed by atoms with Gasteiger partial charge in [0.25, 0.3) is 0 Å². The third-order valence-electron chi connectivity index (χ3n) is 2.96. The maximum absolute atomic E-state index is 11.4. The lowest BCUT2D eigenvalue weighted by Crippen LogP contribution is -2.39. The van der Waals surface area contributed by atoms with E-state index in [2.05, 4.69) is 5.32 Å². The maximum atomic E-state index is 11.4. The van der Waals surface area contributed by atoms with Gasteiger partial charge in [0.15, 0.2) is 0 Å². The van der Waals surface area contributed by atoms with Crippen molar-refractivity contribution in [2.24, 2.45) is 5.92 Å². The molecular weight excluding hydrogens is 228 g/mol. The molecule has 2 fully saturated rings. The minimum Gasteiger partial charge on any atom is -0.355 e. The van der Waals surface area contributed by atoms with Crippen LogP contribution in [-0.4, -0.2) is 44.0 Å². The van der Waals surface area contributed by atoms with Gasteiger partial charge < -0.3 is 5.32 Å². The highest BCUT2D eigenvalue weighted by Crippen LogP contribution is 2.29. The van der Waals surface area contributed by atoms with Gasteiger partial charge in [0.2, 0.25) is 15.9 Å². The fourth-order valence-electron chi connectivity index (χ4n) is 1.76. The summed E-state index contributed by atoms with van der Waals surface area (Å²) in [6, 6.07) is 0.174. The Morgan fingerprint density at radius 1 is 1.31 bits per heavy atom. The van der Waals surface area contributed by atoms with Crippen LogP contribution in [0.25, 0.3) is 0 Å². The summed E-state index contributed by atoms with van der Waals surface area (Å²) in [4.78, 5) is 11.3. The van der Waals surface area contributed by atoms with E-state index in [0.29, 0.717) is 13.1 Å². The molecule has 1 amide bonds. The molecule has 2 saturated carbocycles. The van der Waals surface area contributed by atoms with Crippen LogP contribution in [0.5, 0.6) is 0 Å². The van der Waals surface area contributed by atoms with Crippen molar-refractivity contribution < 1.29 is 13.2 Å². The zero-order chi connectivity index (χ0) is 11.8. The summed E-state index contributed by atoms with van der Waals surface area (Å²) in [6.07, 6.45) is 5.08. The number of carbonyl (C=O) groups is 1. The second-order valence-electron chi connectivity index (χ2n) is 4.67. The SMILES string of the molecule is CS(=O)(=O)N(CCNC(=O)C1CC1)C1CC1. The molecule has 5 nitrogen and oxygen atoms in total. The highest BCUT2D eigenvalue weighted by atomic mass is 32.2. The molecule has 0 saturated heterocycles. The maximum Gasteiger partial charge on any atom is 0.223 e. The number of nitrogens with zero attached hydrogens (tertiary/aromatic N) is 1. The Labute approximate surface area is 96.2 Å². The molecule has 0 heterocycles. The third-order valence-corrected chi connectivity index (χ3v) is 4.29. The molecule has 0 spiro atoms. The Bertz CT molecular complexity index is 372. The van der Waals surface area contributed by atoms with E-state index in [9.17, 15) is 13.2 Å². The number of hydrogen-bond donors (Lipinski definition) is 1. The molecule has 2 rings (SSSR count). The van der Waals surface area contributed by atoms with Crippen molar-refractivity contribution >= 4 is 15.9 Å². The molecule has 0 unspecified atom stereocenters. The third kappa shape index (κ3) is 3.18. The van der Waals surface area contributed by atoms with Crippen molar-refractivity contribution in [1.82, 2.24) is 9.62 Å². The highest BCUT2D eigenvalue weighted by Gasteiger charge is 2.35. The zero-order valence-electron chi connectivity index (χ0n) is 9.48. The first-order chi connectivity index (χ1) is 7.48. The van der Waals surface area contributed by atoms with Crippen LogP contribution in [0.3, 0.4) is 0 Å². The molecule has 16 heavy (non-hydrogen) atoms. The van der Waals surface area contributed by atoms with Crippen LogP contribution in [0.15, 0.2) is 0 Å². The van der Waals surface area contributed by atoms with E-state index in [-0.39, 0.29) is 17.9 Å². The quantitative estimate of drug-likeness (QED) is 0.714. The Morgan fingerprint density at radius 3 is 2.38 bits per heavy atom. The second-order valence-corrected chi connectivity index (χ2v) is 6.61. The van der Waals surface area contributed by atoms with Crippen LogP contribution in [0.4, 0.5) is 0 Å². The number of carbonyl (C=O) groups excluding carboxylic acids is 1. The average Bonchev–Trinajstić information content (AvgIpc) is 3.01. The summed E-state index contributed by atoms with van der Waals surface area (Å²) in [5.74, 6) is 0.261. The molecule has 0 atom stereocenters. The van der Waals surface area contributed by atoms with Crippen molar-refractivity contribution in [3.8, 4) is 0 Å². The van der Waals surface area contributed by atoms with Crippen LogP contribution in [0, 0.1) is 5.92 Å². The summed E-state index contributed by atoms with van der Waals surface area (Å²) >= 11 is 0. The van der Waals surface area contributed by atoms with Crippen molar-refractivity contribution in [2.45, 2.75) is 31.7 Å². The van der Waals surface area contributed by atoms with Gasteiger partial charge in [-0.05, 0) is 25.7 Å². The summed E-state index contributed by atoms with van der Waals surface area (Å²) in [7, 11) is -3.12. The predicted molar refractivity (Wildman–Crippen MR) is 60.3 cm³/mol. The minimum absolute atomic E-state index is 0.0734. The highest BCUT2D eigenvalue weighted by molar-refractivity contribution is 7.88. The van der Waals surface area contributed by atoms with Crippen molar-refractivity contribution in [3.63, 3.8) is 0 Å². The summed E-state index contributed by atoms with van der Waals surface area (Å²) in [5.41, 5.74) is 0. The van der Waals surface area contributed by atoms with Gasteiger partial charge in [0.05, 0.1) is 6.26 Å². The Balaban J connectivity index is 1.75. The monoisotopic (exact) mass is 246 g/mol. The first kappa shape index (κ1) is 11.9. The molecule has 6 heteroatoms. The molecule has 1 N–H and O–H groups in total. The zero-order valence-corrected chi connectivity index (χ0v) is 10.3. The van der Waals surface area contributed by atoms with E-state index in [4.69, 9.17) is 0 Å². The smallest absolute Gasteiger partial charge is 0.223 e. The molecule has 0 aliphatic heterocycles. The van der Waals surface area contributed by atoms with E-state index in [1.807, 2.05) is 0 Å². The Kier molecular flexibility index (Phi) is 3.21. The fraction of sp³-hybridized carbons (Fsp3) is 0.900. The molecular formula is C10H18N2O3S. The van der Waals surface area contributed by atoms with Crippen LogP contribution in [0.1, 0.15) is 25.7 Å². The van der Waals surface area contributed by atoms with E-state index in [1.54, 1.807) is 0 Å². The molecule has 0 aromatic heterocycles. The van der Waals surface area contributed by atoms with Crippen LogP contribution in [-0.2, 0) is 14.8 Å². The molecule has 0 aromatic rings. The normalized spacial score (nSPS) is 21.1. The number of rotatable bonds is 6. The number of hydrogen-bond acceptors (Lipinski definition) is 3. The van der Waals surface area contributed by atoms with Gasteiger partial charge in [-0.3, -0.25) is 4.79 Å². The van der Waals surface area contributed by atoms with Gasteiger partial charge in [0, 0.05) is 25.0 Å². The molecule has 2 aliphatic rings. The summed E-state index contributed by atoms with van der Waals surface area (Å²) < 4.78 is 24.4. The minimum atomic E-state index is -3.12. The van der Waals surface area contributed by atoms with Crippen molar-refractivity contribution in [3.05, 3.63) is 0 Å². The first-order valence-electron chi connectivity index (χ1n) is 5.73. The standard InChI is InChI=1S/C10H18N2O3S/c1-16(14,15)12(9-4-5-9)7-6-11-10(13)8-2-3-8/h8-9H,2-7H2,1H3,(H,11,13). The van der Waals surface area contributed by atoms with E-state index in [0.717, 1.165) is 25.7 Å². The Morgan fingerprint density at radius 2 is 1.94 bits per heavy atom. The lowest BCUT2D eigenvalue weighted by atomic mass is 10.4. The van der Waals surface area contributed by atoms with E-state index < -0.39 is 10.0 Å². The molecule has 92 valence electrons. The van der Waals surface area contributed by atoms with Crippen LogP contribution < -0.4 is 5.32 Å². The van der Waals surface area contributed by atoms with Crippen molar-refractivity contribution in [1.29, 1.82) is 0 Å². The average molecular weight is 246 g/mol. The molecule has 0 radical (unpaired) electrons. The molecule has 0 aromatic carbocycles. The summed E-state index contributed by atoms with van der Waals surface area (Å²) in [5, 5.41) is 2.78. The summed E-state index contributed by atoms with van der Waals surface area (Å²) in [6.45, 7) is 0.834. The van der Waals surface area contributed by atoms with E-state index >= 15 is 0 Å². The lowest BCUT2D eigenvalue weighted by molar-refractivity contribution is -0.122. The number of sulfonamides is 1. The number of amides is 1. The van der Waals surface area contributed by atoms with Gasteiger partial charge in [-0.2, -0.15) is 4.31 Å². The van der Waals surface area contributed by atoms with Gasteiger partial charge in [-0.25, -0.2) is 8.42 Å². The second kappa shape index (κ2) is 4.33. The fourth-order valence-corrected chi connectivity index (χ4v) is 2.94. The van der Waals surface area contributed by atoms with Crippen molar-refractivity contribution in [2.75, 3.05) is 19.3 Å². The predicted octanol–water partition coefficient (Wildman–Crippen LogP) is -0.0634. The van der Waals surface area contributed by atoms with Crippen LogP contribution >= 0.6 is 0 Å².